The Kier molecular flexibility index (Phi) is 5.64. The van der Waals surface area contributed by atoms with Gasteiger partial charge in [0.2, 0.25) is 5.91 Å². The fourth-order valence-corrected chi connectivity index (χ4v) is 2.97. The Balaban J connectivity index is 1.73. The number of rotatable bonds is 6. The third-order valence-corrected chi connectivity index (χ3v) is 4.78. The lowest BCUT2D eigenvalue weighted by Crippen LogP contribution is -2.24. The van der Waals surface area contributed by atoms with Gasteiger partial charge in [0.1, 0.15) is 23.7 Å². The summed E-state index contributed by atoms with van der Waals surface area (Å²) in [5.41, 5.74) is 1.52. The molecule has 11 heteroatoms. The summed E-state index contributed by atoms with van der Waals surface area (Å²) < 4.78 is 16.1. The van der Waals surface area contributed by atoms with Crippen molar-refractivity contribution in [1.29, 1.82) is 0 Å². The van der Waals surface area contributed by atoms with Gasteiger partial charge in [0.05, 0.1) is 11.5 Å². The topological polar surface area (TPSA) is 108 Å². The second-order valence-electron chi connectivity index (χ2n) is 6.57. The average molecular weight is 421 g/mol. The van der Waals surface area contributed by atoms with Crippen LogP contribution in [-0.4, -0.2) is 30.4 Å². The van der Waals surface area contributed by atoms with Crippen LogP contribution in [0.25, 0.3) is 0 Å². The zero-order valence-electron chi connectivity index (χ0n) is 15.9. The summed E-state index contributed by atoms with van der Waals surface area (Å²) in [5, 5.41) is 22.3. The van der Waals surface area contributed by atoms with E-state index in [1.165, 1.54) is 29.9 Å². The van der Waals surface area contributed by atoms with Gasteiger partial charge in [-0.1, -0.05) is 17.7 Å². The zero-order chi connectivity index (χ0) is 21.3. The number of hydrogen-bond acceptors (Lipinski definition) is 5. The van der Waals surface area contributed by atoms with Crippen molar-refractivity contribution in [2.24, 2.45) is 0 Å². The van der Waals surface area contributed by atoms with Gasteiger partial charge < -0.3 is 5.32 Å². The molecular weight excluding hydrogens is 403 g/mol. The molecule has 0 aliphatic rings. The standard InChI is InChI=1S/C18H18ClFN6O3/c1-10-6-17(23-24(10)8-13-4-5-14(20)7-15(13)19)21-18(27)12(3)25-9-16(26(28)29)11(2)22-25/h4-7,9,12H,8H2,1-3H3,(H,21,23,27). The Labute approximate surface area is 170 Å². The number of aryl methyl sites for hydroxylation is 2. The molecule has 0 aliphatic heterocycles. The quantitative estimate of drug-likeness (QED) is 0.483. The minimum Gasteiger partial charge on any atom is -0.307 e. The Hall–Kier alpha value is -3.27. The average Bonchev–Trinajstić information content (AvgIpc) is 3.19. The van der Waals surface area contributed by atoms with E-state index in [9.17, 15) is 19.3 Å². The molecule has 0 fully saturated rings. The van der Waals surface area contributed by atoms with E-state index < -0.39 is 22.7 Å². The number of carbonyl (C=O) groups excluding carboxylic acids is 1. The first kappa shape index (κ1) is 20.5. The van der Waals surface area contributed by atoms with E-state index in [1.807, 2.05) is 6.92 Å². The second kappa shape index (κ2) is 8.00. The van der Waals surface area contributed by atoms with Crippen LogP contribution in [0.5, 0.6) is 0 Å². The van der Waals surface area contributed by atoms with Crippen LogP contribution in [0.2, 0.25) is 5.02 Å². The Morgan fingerprint density at radius 3 is 2.69 bits per heavy atom. The number of nitrogens with zero attached hydrogens (tertiary/aromatic N) is 5. The monoisotopic (exact) mass is 420 g/mol. The fourth-order valence-electron chi connectivity index (χ4n) is 2.74. The minimum absolute atomic E-state index is 0.152. The van der Waals surface area contributed by atoms with Crippen LogP contribution in [0, 0.1) is 29.8 Å². The van der Waals surface area contributed by atoms with E-state index >= 15 is 0 Å². The lowest BCUT2D eigenvalue weighted by atomic mass is 10.2. The highest BCUT2D eigenvalue weighted by atomic mass is 35.5. The molecule has 152 valence electrons. The normalized spacial score (nSPS) is 12.0. The largest absolute Gasteiger partial charge is 0.309 e. The number of halogens is 2. The lowest BCUT2D eigenvalue weighted by Gasteiger charge is -2.11. The molecule has 2 heterocycles. The van der Waals surface area contributed by atoms with E-state index in [2.05, 4.69) is 15.5 Å². The number of carbonyl (C=O) groups is 1. The molecule has 0 radical (unpaired) electrons. The van der Waals surface area contributed by atoms with Crippen molar-refractivity contribution in [3.63, 3.8) is 0 Å². The van der Waals surface area contributed by atoms with Crippen LogP contribution in [0.15, 0.2) is 30.5 Å². The highest BCUT2D eigenvalue weighted by Gasteiger charge is 2.23. The molecule has 1 unspecified atom stereocenters. The molecule has 0 bridgehead atoms. The molecule has 0 spiro atoms. The van der Waals surface area contributed by atoms with Crippen molar-refractivity contribution < 1.29 is 14.1 Å². The third kappa shape index (κ3) is 4.43. The minimum atomic E-state index is -0.778. The van der Waals surface area contributed by atoms with Crippen LogP contribution >= 0.6 is 11.6 Å². The van der Waals surface area contributed by atoms with E-state index in [0.717, 1.165) is 5.69 Å². The molecule has 0 aliphatic carbocycles. The first-order valence-corrected chi connectivity index (χ1v) is 9.03. The molecule has 9 nitrogen and oxygen atoms in total. The fraction of sp³-hybridized carbons (Fsp3) is 0.278. The van der Waals surface area contributed by atoms with E-state index in [0.29, 0.717) is 17.9 Å². The van der Waals surface area contributed by atoms with Crippen molar-refractivity contribution >= 4 is 29.0 Å². The predicted molar refractivity (Wildman–Crippen MR) is 104 cm³/mol. The molecular formula is C18H18ClFN6O3. The molecule has 3 aromatic rings. The van der Waals surface area contributed by atoms with Gasteiger partial charge >= 0.3 is 5.69 Å². The summed E-state index contributed by atoms with van der Waals surface area (Å²) in [5.74, 6) is -0.533. The van der Waals surface area contributed by atoms with Crippen molar-refractivity contribution in [2.45, 2.75) is 33.4 Å². The van der Waals surface area contributed by atoms with Crippen molar-refractivity contribution in [3.8, 4) is 0 Å². The summed E-state index contributed by atoms with van der Waals surface area (Å²) in [6.45, 7) is 5.20. The smallest absolute Gasteiger partial charge is 0.307 e. The number of amides is 1. The molecule has 1 atom stereocenters. The number of aromatic nitrogens is 4. The first-order chi connectivity index (χ1) is 13.7. The van der Waals surface area contributed by atoms with Gasteiger partial charge in [-0.2, -0.15) is 10.2 Å². The van der Waals surface area contributed by atoms with E-state index in [1.54, 1.807) is 23.7 Å². The molecule has 3 rings (SSSR count). The maximum absolute atomic E-state index is 13.2. The second-order valence-corrected chi connectivity index (χ2v) is 6.97. The van der Waals surface area contributed by atoms with E-state index in [-0.39, 0.29) is 16.4 Å². The zero-order valence-corrected chi connectivity index (χ0v) is 16.6. The maximum atomic E-state index is 13.2. The van der Waals surface area contributed by atoms with Crippen molar-refractivity contribution in [3.05, 3.63) is 68.4 Å². The number of nitrogens with one attached hydrogen (secondary N) is 1. The predicted octanol–water partition coefficient (Wildman–Crippen LogP) is 3.65. The van der Waals surface area contributed by atoms with Gasteiger partial charge in [0, 0.05) is 16.8 Å². The number of benzene rings is 1. The van der Waals surface area contributed by atoms with Crippen LogP contribution in [0.1, 0.15) is 29.9 Å². The molecule has 1 N–H and O–H groups in total. The summed E-state index contributed by atoms with van der Waals surface area (Å²) in [6, 6.07) is 5.02. The van der Waals surface area contributed by atoms with Gasteiger partial charge in [-0.05, 0) is 38.5 Å². The maximum Gasteiger partial charge on any atom is 0.309 e. The summed E-state index contributed by atoms with van der Waals surface area (Å²) >= 11 is 6.06. The van der Waals surface area contributed by atoms with Gasteiger partial charge in [0.15, 0.2) is 5.82 Å². The van der Waals surface area contributed by atoms with Gasteiger partial charge in [-0.25, -0.2) is 4.39 Å². The van der Waals surface area contributed by atoms with Crippen LogP contribution in [-0.2, 0) is 11.3 Å². The number of hydrogen-bond donors (Lipinski definition) is 1. The SMILES string of the molecule is Cc1nn(C(C)C(=O)Nc2cc(C)n(Cc3ccc(F)cc3Cl)n2)cc1[N+](=O)[O-]. The molecule has 1 aromatic carbocycles. The molecule has 2 aromatic heterocycles. The number of anilines is 1. The van der Waals surface area contributed by atoms with Crippen LogP contribution in [0.4, 0.5) is 15.9 Å². The summed E-state index contributed by atoms with van der Waals surface area (Å²) in [7, 11) is 0. The number of nitro groups is 1. The summed E-state index contributed by atoms with van der Waals surface area (Å²) in [4.78, 5) is 22.9. The molecule has 0 saturated carbocycles. The van der Waals surface area contributed by atoms with Crippen molar-refractivity contribution in [2.75, 3.05) is 5.32 Å². The Morgan fingerprint density at radius 2 is 2.07 bits per heavy atom. The molecule has 1 amide bonds. The molecule has 0 saturated heterocycles. The van der Waals surface area contributed by atoms with Crippen LogP contribution in [0.3, 0.4) is 0 Å². The van der Waals surface area contributed by atoms with Gasteiger partial charge in [-0.15, -0.1) is 0 Å². The first-order valence-electron chi connectivity index (χ1n) is 8.65. The van der Waals surface area contributed by atoms with Crippen molar-refractivity contribution in [1.82, 2.24) is 19.6 Å². The molecule has 29 heavy (non-hydrogen) atoms. The Morgan fingerprint density at radius 1 is 1.34 bits per heavy atom. The van der Waals surface area contributed by atoms with Gasteiger partial charge in [-0.3, -0.25) is 24.3 Å². The van der Waals surface area contributed by atoms with Gasteiger partial charge in [0.25, 0.3) is 0 Å². The third-order valence-electron chi connectivity index (χ3n) is 4.43. The highest BCUT2D eigenvalue weighted by Crippen LogP contribution is 2.21. The van der Waals surface area contributed by atoms with E-state index in [4.69, 9.17) is 11.6 Å². The van der Waals surface area contributed by atoms with Crippen LogP contribution < -0.4 is 5.32 Å². The highest BCUT2D eigenvalue weighted by molar-refractivity contribution is 6.31. The summed E-state index contributed by atoms with van der Waals surface area (Å²) in [6.07, 6.45) is 1.22. The Bertz CT molecular complexity index is 1090. The lowest BCUT2D eigenvalue weighted by molar-refractivity contribution is -0.385.